The van der Waals surface area contributed by atoms with Crippen molar-refractivity contribution >= 4 is 5.91 Å². The van der Waals surface area contributed by atoms with Crippen molar-refractivity contribution in [2.24, 2.45) is 0 Å². The molecule has 3 aromatic rings. The van der Waals surface area contributed by atoms with Crippen molar-refractivity contribution in [3.8, 4) is 28.5 Å². The summed E-state index contributed by atoms with van der Waals surface area (Å²) < 4.78 is 30.7. The first kappa shape index (κ1) is 27.9. The SMILES string of the molecule is COc1cc(C(=O)NCC(C)c2cc3c(c(-c4ccc(F)cc4)n2)OC[C@]3(C)CNC2CC2)ccc1OCCO. The van der Waals surface area contributed by atoms with Gasteiger partial charge in [-0.05, 0) is 61.4 Å². The van der Waals surface area contributed by atoms with E-state index in [4.69, 9.17) is 24.3 Å². The van der Waals surface area contributed by atoms with Crippen LogP contribution < -0.4 is 24.8 Å². The smallest absolute Gasteiger partial charge is 0.251 e. The Kier molecular flexibility index (Phi) is 8.23. The standard InChI is InChI=1S/C31H36FN3O5/c1-19(16-33-30(37)21-6-11-26(39-13-12-36)27(14-21)38-3)25-15-24-29(28(35-25)20-4-7-22(32)8-5-20)40-18-31(24,2)17-34-23-9-10-23/h4-8,11,14-15,19,23,34,36H,9-10,12-13,16-18H2,1-3H3,(H,33,37)/t19?,31-/m0/s1. The van der Waals surface area contributed by atoms with Crippen LogP contribution in [-0.4, -0.2) is 62.1 Å². The minimum Gasteiger partial charge on any atom is -0.493 e. The Bertz CT molecular complexity index is 1360. The second-order valence-electron chi connectivity index (χ2n) is 10.8. The highest BCUT2D eigenvalue weighted by Gasteiger charge is 2.40. The molecular formula is C31H36FN3O5. The molecule has 1 aliphatic heterocycles. The van der Waals surface area contributed by atoms with Gasteiger partial charge in [-0.2, -0.15) is 0 Å². The van der Waals surface area contributed by atoms with Crippen LogP contribution in [0.25, 0.3) is 11.3 Å². The molecule has 2 heterocycles. The van der Waals surface area contributed by atoms with Crippen LogP contribution in [0.15, 0.2) is 48.5 Å². The summed E-state index contributed by atoms with van der Waals surface area (Å²) >= 11 is 0. The topological polar surface area (TPSA) is 102 Å². The Morgan fingerprint density at radius 3 is 2.67 bits per heavy atom. The number of carbonyl (C=O) groups is 1. The highest BCUT2D eigenvalue weighted by atomic mass is 19.1. The maximum Gasteiger partial charge on any atom is 0.251 e. The Morgan fingerprint density at radius 2 is 1.98 bits per heavy atom. The molecular weight excluding hydrogens is 513 g/mol. The van der Waals surface area contributed by atoms with E-state index in [2.05, 4.69) is 23.6 Å². The number of rotatable bonds is 12. The van der Waals surface area contributed by atoms with E-state index < -0.39 is 0 Å². The number of fused-ring (bicyclic) bond motifs is 1. The minimum atomic E-state index is -0.309. The van der Waals surface area contributed by atoms with Gasteiger partial charge in [-0.15, -0.1) is 0 Å². The Hall–Kier alpha value is -3.69. The molecule has 0 bridgehead atoms. The van der Waals surface area contributed by atoms with Crippen molar-refractivity contribution in [1.82, 2.24) is 15.6 Å². The first-order valence-corrected chi connectivity index (χ1v) is 13.7. The van der Waals surface area contributed by atoms with Gasteiger partial charge in [0.2, 0.25) is 0 Å². The number of hydrogen-bond donors (Lipinski definition) is 3. The normalized spacial score (nSPS) is 18.5. The van der Waals surface area contributed by atoms with Gasteiger partial charge in [0.25, 0.3) is 5.91 Å². The molecule has 5 rings (SSSR count). The van der Waals surface area contributed by atoms with Gasteiger partial charge in [0.1, 0.15) is 23.9 Å². The van der Waals surface area contributed by atoms with E-state index in [0.717, 1.165) is 29.1 Å². The van der Waals surface area contributed by atoms with Gasteiger partial charge in [0.05, 0.1) is 20.3 Å². The Balaban J connectivity index is 1.37. The van der Waals surface area contributed by atoms with Crippen LogP contribution in [0.2, 0.25) is 0 Å². The number of methoxy groups -OCH3 is 1. The van der Waals surface area contributed by atoms with E-state index in [1.807, 2.05) is 6.92 Å². The molecule has 1 aromatic heterocycles. The molecule has 3 N–H and O–H groups in total. The number of nitrogens with one attached hydrogen (secondary N) is 2. The average Bonchev–Trinajstić information content (AvgIpc) is 3.75. The second kappa shape index (κ2) is 11.8. The van der Waals surface area contributed by atoms with Crippen LogP contribution in [-0.2, 0) is 5.41 Å². The predicted molar refractivity (Wildman–Crippen MR) is 150 cm³/mol. The van der Waals surface area contributed by atoms with Crippen LogP contribution in [0.3, 0.4) is 0 Å². The highest BCUT2D eigenvalue weighted by molar-refractivity contribution is 5.94. The fourth-order valence-electron chi connectivity index (χ4n) is 4.85. The van der Waals surface area contributed by atoms with E-state index in [-0.39, 0.29) is 36.3 Å². The van der Waals surface area contributed by atoms with E-state index in [1.165, 1.54) is 32.1 Å². The zero-order chi connectivity index (χ0) is 28.3. The first-order chi connectivity index (χ1) is 19.3. The number of ether oxygens (including phenoxy) is 3. The highest BCUT2D eigenvalue weighted by Crippen LogP contribution is 2.45. The Morgan fingerprint density at radius 1 is 1.20 bits per heavy atom. The molecule has 0 spiro atoms. The van der Waals surface area contributed by atoms with Gasteiger partial charge in [0, 0.05) is 52.8 Å². The lowest BCUT2D eigenvalue weighted by molar-refractivity contribution is 0.0951. The number of carbonyl (C=O) groups excluding carboxylic acids is 1. The van der Waals surface area contributed by atoms with Gasteiger partial charge in [0.15, 0.2) is 11.5 Å². The van der Waals surface area contributed by atoms with Crippen LogP contribution in [0.4, 0.5) is 4.39 Å². The Labute approximate surface area is 233 Å². The lowest BCUT2D eigenvalue weighted by atomic mass is 9.83. The first-order valence-electron chi connectivity index (χ1n) is 13.7. The van der Waals surface area contributed by atoms with Gasteiger partial charge in [-0.25, -0.2) is 9.37 Å². The van der Waals surface area contributed by atoms with Crippen LogP contribution in [0.5, 0.6) is 17.2 Å². The van der Waals surface area contributed by atoms with Gasteiger partial charge in [-0.3, -0.25) is 4.79 Å². The summed E-state index contributed by atoms with van der Waals surface area (Å²) in [5, 5.41) is 15.7. The summed E-state index contributed by atoms with van der Waals surface area (Å²) in [6, 6.07) is 13.9. The molecule has 0 saturated heterocycles. The fraction of sp³-hybridized carbons (Fsp3) is 0.419. The second-order valence-corrected chi connectivity index (χ2v) is 10.8. The summed E-state index contributed by atoms with van der Waals surface area (Å²) in [5.74, 6) is 0.944. The lowest BCUT2D eigenvalue weighted by Gasteiger charge is -2.24. The molecule has 0 radical (unpaired) electrons. The third-order valence-corrected chi connectivity index (χ3v) is 7.50. The average molecular weight is 550 g/mol. The van der Waals surface area contributed by atoms with Crippen LogP contribution >= 0.6 is 0 Å². The summed E-state index contributed by atoms with van der Waals surface area (Å²) in [6.45, 7) is 5.91. The van der Waals surface area contributed by atoms with Crippen molar-refractivity contribution in [3.05, 3.63) is 71.2 Å². The van der Waals surface area contributed by atoms with Gasteiger partial charge < -0.3 is 30.0 Å². The fourth-order valence-corrected chi connectivity index (χ4v) is 4.85. The molecule has 212 valence electrons. The van der Waals surface area contributed by atoms with Crippen molar-refractivity contribution in [1.29, 1.82) is 0 Å². The monoisotopic (exact) mass is 549 g/mol. The molecule has 1 unspecified atom stereocenters. The quantitative estimate of drug-likeness (QED) is 0.311. The van der Waals surface area contributed by atoms with Crippen molar-refractivity contribution in [2.75, 3.05) is 40.0 Å². The lowest BCUT2D eigenvalue weighted by Crippen LogP contribution is -2.38. The molecule has 1 aliphatic carbocycles. The van der Waals surface area contributed by atoms with Crippen LogP contribution in [0, 0.1) is 5.82 Å². The number of pyridine rings is 1. The van der Waals surface area contributed by atoms with Crippen LogP contribution in [0.1, 0.15) is 54.2 Å². The number of hydrogen-bond acceptors (Lipinski definition) is 7. The largest absolute Gasteiger partial charge is 0.493 e. The van der Waals surface area contributed by atoms with Crippen molar-refractivity contribution in [2.45, 2.75) is 44.1 Å². The molecule has 2 aliphatic rings. The predicted octanol–water partition coefficient (Wildman–Crippen LogP) is 4.20. The number of benzene rings is 2. The third kappa shape index (κ3) is 6.05. The summed E-state index contributed by atoms with van der Waals surface area (Å²) in [4.78, 5) is 18.0. The van der Waals surface area contributed by atoms with Gasteiger partial charge in [-0.1, -0.05) is 13.8 Å². The van der Waals surface area contributed by atoms with E-state index in [1.54, 1.807) is 30.3 Å². The molecule has 1 amide bonds. The molecule has 8 nitrogen and oxygen atoms in total. The van der Waals surface area contributed by atoms with E-state index in [9.17, 15) is 9.18 Å². The molecule has 40 heavy (non-hydrogen) atoms. The molecule has 2 atom stereocenters. The number of aliphatic hydroxyl groups excluding tert-OH is 1. The van der Waals surface area contributed by atoms with Crippen molar-refractivity contribution in [3.63, 3.8) is 0 Å². The maximum atomic E-state index is 13.7. The molecule has 2 aromatic carbocycles. The summed E-state index contributed by atoms with van der Waals surface area (Å²) in [7, 11) is 1.50. The third-order valence-electron chi connectivity index (χ3n) is 7.50. The molecule has 1 fully saturated rings. The molecule has 1 saturated carbocycles. The van der Waals surface area contributed by atoms with E-state index >= 15 is 0 Å². The summed E-state index contributed by atoms with van der Waals surface area (Å²) in [6.07, 6.45) is 2.40. The van der Waals surface area contributed by atoms with Crippen molar-refractivity contribution < 1.29 is 28.5 Å². The number of halogens is 1. The molecule has 9 heteroatoms. The number of nitrogens with zero attached hydrogens (tertiary/aromatic N) is 1. The summed E-state index contributed by atoms with van der Waals surface area (Å²) in [5.41, 5.74) is 3.57. The zero-order valence-electron chi connectivity index (χ0n) is 23.1. The number of aliphatic hydroxyl groups is 1. The zero-order valence-corrected chi connectivity index (χ0v) is 23.1. The minimum absolute atomic E-state index is 0.108. The number of amides is 1. The van der Waals surface area contributed by atoms with Gasteiger partial charge >= 0.3 is 0 Å². The number of aromatic nitrogens is 1. The van der Waals surface area contributed by atoms with E-state index in [0.29, 0.717) is 41.9 Å². The maximum absolute atomic E-state index is 13.7.